The zero-order chi connectivity index (χ0) is 12.0. The van der Waals surface area contributed by atoms with Crippen LogP contribution in [-0.2, 0) is 0 Å². The Morgan fingerprint density at radius 2 is 1.88 bits per heavy atom. The largest absolute Gasteiger partial charge is 0.397 e. The molecule has 1 unspecified atom stereocenters. The van der Waals surface area contributed by atoms with Gasteiger partial charge in [-0.1, -0.05) is 12.1 Å². The monoisotopic (exact) mass is 233 g/mol. The normalized spacial score (nSPS) is 20.6. The standard InChI is InChI=1S/C11H11F4N/c12-8-3-1-2-7(6-8)9(11(13,14)15)10(16)4-5-10/h1-3,6,9H,4-5,16H2. The zero-order valence-electron chi connectivity index (χ0n) is 8.39. The highest BCUT2D eigenvalue weighted by Gasteiger charge is 2.58. The minimum Gasteiger partial charge on any atom is -0.324 e. The molecule has 0 radical (unpaired) electrons. The van der Waals surface area contributed by atoms with E-state index in [9.17, 15) is 17.6 Å². The number of nitrogens with two attached hydrogens (primary N) is 1. The number of hydrogen-bond acceptors (Lipinski definition) is 1. The first-order chi connectivity index (χ1) is 7.33. The molecule has 1 fully saturated rings. The molecule has 1 aliphatic rings. The second-order valence-electron chi connectivity index (χ2n) is 4.26. The van der Waals surface area contributed by atoms with Gasteiger partial charge in [-0.25, -0.2) is 4.39 Å². The maximum Gasteiger partial charge on any atom is 0.397 e. The summed E-state index contributed by atoms with van der Waals surface area (Å²) in [6, 6.07) is 4.57. The smallest absolute Gasteiger partial charge is 0.324 e. The molecule has 1 aliphatic carbocycles. The predicted octanol–water partition coefficient (Wildman–Crippen LogP) is 2.96. The van der Waals surface area contributed by atoms with Crippen LogP contribution in [-0.4, -0.2) is 11.7 Å². The van der Waals surface area contributed by atoms with Crippen LogP contribution >= 0.6 is 0 Å². The van der Waals surface area contributed by atoms with E-state index in [1.165, 1.54) is 12.1 Å². The van der Waals surface area contributed by atoms with Crippen LogP contribution in [0.15, 0.2) is 24.3 Å². The first-order valence-electron chi connectivity index (χ1n) is 4.94. The molecule has 0 amide bonds. The third-order valence-corrected chi connectivity index (χ3v) is 2.91. The van der Waals surface area contributed by atoms with E-state index < -0.39 is 23.5 Å². The van der Waals surface area contributed by atoms with Gasteiger partial charge in [0.2, 0.25) is 0 Å². The van der Waals surface area contributed by atoms with Gasteiger partial charge in [0.05, 0.1) is 5.92 Å². The molecule has 88 valence electrons. The zero-order valence-corrected chi connectivity index (χ0v) is 8.39. The number of alkyl halides is 3. The van der Waals surface area contributed by atoms with Gasteiger partial charge in [0.25, 0.3) is 0 Å². The third kappa shape index (κ3) is 2.04. The van der Waals surface area contributed by atoms with Crippen molar-refractivity contribution in [2.45, 2.75) is 30.5 Å². The summed E-state index contributed by atoms with van der Waals surface area (Å²) in [5, 5.41) is 0. The fourth-order valence-electron chi connectivity index (χ4n) is 1.97. The van der Waals surface area contributed by atoms with Crippen LogP contribution in [0.2, 0.25) is 0 Å². The van der Waals surface area contributed by atoms with Gasteiger partial charge in [-0.05, 0) is 30.5 Å². The Labute approximate surface area is 90.3 Å². The molecule has 1 aromatic rings. The SMILES string of the molecule is NC1(C(c2cccc(F)c2)C(F)(F)F)CC1. The Kier molecular flexibility index (Phi) is 2.45. The van der Waals surface area contributed by atoms with Crippen LogP contribution < -0.4 is 5.73 Å². The summed E-state index contributed by atoms with van der Waals surface area (Å²) in [5.41, 5.74) is 4.28. The molecule has 2 rings (SSSR count). The third-order valence-electron chi connectivity index (χ3n) is 2.91. The topological polar surface area (TPSA) is 26.0 Å². The molecule has 0 heterocycles. The summed E-state index contributed by atoms with van der Waals surface area (Å²) < 4.78 is 51.5. The molecular weight excluding hydrogens is 222 g/mol. The summed E-state index contributed by atoms with van der Waals surface area (Å²) in [6.45, 7) is 0. The number of benzene rings is 1. The van der Waals surface area contributed by atoms with E-state index in [-0.39, 0.29) is 5.56 Å². The maximum atomic E-state index is 12.9. The van der Waals surface area contributed by atoms with E-state index >= 15 is 0 Å². The summed E-state index contributed by atoms with van der Waals surface area (Å²) in [4.78, 5) is 0. The van der Waals surface area contributed by atoms with E-state index in [4.69, 9.17) is 5.73 Å². The Morgan fingerprint density at radius 3 is 2.31 bits per heavy atom. The van der Waals surface area contributed by atoms with Crippen molar-refractivity contribution in [3.8, 4) is 0 Å². The van der Waals surface area contributed by atoms with E-state index in [0.29, 0.717) is 12.8 Å². The first kappa shape index (κ1) is 11.4. The van der Waals surface area contributed by atoms with Gasteiger partial charge in [-0.2, -0.15) is 13.2 Å². The van der Waals surface area contributed by atoms with Gasteiger partial charge >= 0.3 is 6.18 Å². The van der Waals surface area contributed by atoms with Crippen LogP contribution in [0.1, 0.15) is 24.3 Å². The van der Waals surface area contributed by atoms with E-state index in [2.05, 4.69) is 0 Å². The summed E-state index contributed by atoms with van der Waals surface area (Å²) in [6.07, 6.45) is -3.78. The Morgan fingerprint density at radius 1 is 1.25 bits per heavy atom. The minimum atomic E-state index is -4.43. The molecule has 0 aromatic heterocycles. The summed E-state index contributed by atoms with van der Waals surface area (Å²) >= 11 is 0. The van der Waals surface area contributed by atoms with Gasteiger partial charge in [-0.15, -0.1) is 0 Å². The van der Waals surface area contributed by atoms with Crippen LogP contribution in [0, 0.1) is 5.82 Å². The molecule has 1 atom stereocenters. The fraction of sp³-hybridized carbons (Fsp3) is 0.455. The fourth-order valence-corrected chi connectivity index (χ4v) is 1.97. The summed E-state index contributed by atoms with van der Waals surface area (Å²) in [7, 11) is 0. The van der Waals surface area contributed by atoms with Crippen molar-refractivity contribution in [3.63, 3.8) is 0 Å². The molecule has 0 bridgehead atoms. The molecule has 1 nitrogen and oxygen atoms in total. The lowest BCUT2D eigenvalue weighted by molar-refractivity contribution is -0.157. The second kappa shape index (κ2) is 3.45. The number of halogens is 4. The lowest BCUT2D eigenvalue weighted by Crippen LogP contribution is -2.40. The highest BCUT2D eigenvalue weighted by molar-refractivity contribution is 5.29. The minimum absolute atomic E-state index is 0.0903. The van der Waals surface area contributed by atoms with Gasteiger partial charge in [0.1, 0.15) is 5.82 Å². The van der Waals surface area contributed by atoms with Crippen molar-refractivity contribution in [1.29, 1.82) is 0 Å². The van der Waals surface area contributed by atoms with E-state index in [1.807, 2.05) is 0 Å². The average molecular weight is 233 g/mol. The van der Waals surface area contributed by atoms with E-state index in [1.54, 1.807) is 0 Å². The van der Waals surface area contributed by atoms with Gasteiger partial charge in [0.15, 0.2) is 0 Å². The Balaban J connectivity index is 2.40. The van der Waals surface area contributed by atoms with Crippen molar-refractivity contribution in [3.05, 3.63) is 35.6 Å². The predicted molar refractivity (Wildman–Crippen MR) is 51.3 cm³/mol. The Hall–Kier alpha value is -1.10. The van der Waals surface area contributed by atoms with Crippen molar-refractivity contribution >= 4 is 0 Å². The molecule has 16 heavy (non-hydrogen) atoms. The average Bonchev–Trinajstić information content (AvgIpc) is 2.81. The molecule has 1 aromatic carbocycles. The highest BCUT2D eigenvalue weighted by Crippen LogP contribution is 2.52. The lowest BCUT2D eigenvalue weighted by atomic mass is 9.89. The molecular formula is C11H11F4N. The molecule has 5 heteroatoms. The van der Waals surface area contributed by atoms with Crippen LogP contribution in [0.3, 0.4) is 0 Å². The van der Waals surface area contributed by atoms with Gasteiger partial charge in [0, 0.05) is 5.54 Å². The van der Waals surface area contributed by atoms with Crippen molar-refractivity contribution in [2.24, 2.45) is 5.73 Å². The Bertz CT molecular complexity index is 390. The lowest BCUT2D eigenvalue weighted by Gasteiger charge is -2.26. The molecule has 0 spiro atoms. The molecule has 0 aliphatic heterocycles. The maximum absolute atomic E-state index is 12.9. The van der Waals surface area contributed by atoms with Crippen LogP contribution in [0.25, 0.3) is 0 Å². The van der Waals surface area contributed by atoms with Crippen LogP contribution in [0.5, 0.6) is 0 Å². The molecule has 2 N–H and O–H groups in total. The highest BCUT2D eigenvalue weighted by atomic mass is 19.4. The molecule has 1 saturated carbocycles. The van der Waals surface area contributed by atoms with Crippen molar-refractivity contribution in [1.82, 2.24) is 0 Å². The van der Waals surface area contributed by atoms with Crippen molar-refractivity contribution in [2.75, 3.05) is 0 Å². The summed E-state index contributed by atoms with van der Waals surface area (Å²) in [5.74, 6) is -2.44. The van der Waals surface area contributed by atoms with Crippen LogP contribution in [0.4, 0.5) is 17.6 Å². The second-order valence-corrected chi connectivity index (χ2v) is 4.26. The number of hydrogen-bond donors (Lipinski definition) is 1. The van der Waals surface area contributed by atoms with Crippen molar-refractivity contribution < 1.29 is 17.6 Å². The quantitative estimate of drug-likeness (QED) is 0.781. The van der Waals surface area contributed by atoms with Gasteiger partial charge in [-0.3, -0.25) is 0 Å². The van der Waals surface area contributed by atoms with Gasteiger partial charge < -0.3 is 5.73 Å². The molecule has 0 saturated heterocycles. The van der Waals surface area contributed by atoms with E-state index in [0.717, 1.165) is 12.1 Å². The number of rotatable bonds is 2. The first-order valence-corrected chi connectivity index (χ1v) is 4.94.